The standard InChI is InChI=1S/C6H7ClN2O/c1-3-4-5(10)9(2)6(7)8-4/h3,10H,1H2,2H3. The molecule has 54 valence electrons. The lowest BCUT2D eigenvalue weighted by Gasteiger charge is -1.92. The van der Waals surface area contributed by atoms with Crippen LogP contribution in [0.25, 0.3) is 6.08 Å². The zero-order chi connectivity index (χ0) is 7.72. The molecule has 0 aliphatic carbocycles. The van der Waals surface area contributed by atoms with Crippen molar-refractivity contribution in [1.29, 1.82) is 0 Å². The maximum Gasteiger partial charge on any atom is 0.219 e. The first-order valence-electron chi connectivity index (χ1n) is 2.70. The second-order valence-electron chi connectivity index (χ2n) is 1.85. The highest BCUT2D eigenvalue weighted by atomic mass is 35.5. The van der Waals surface area contributed by atoms with Crippen molar-refractivity contribution in [1.82, 2.24) is 9.55 Å². The van der Waals surface area contributed by atoms with Gasteiger partial charge in [0, 0.05) is 7.05 Å². The average molecular weight is 159 g/mol. The molecule has 1 rings (SSSR count). The van der Waals surface area contributed by atoms with Crippen molar-refractivity contribution < 1.29 is 5.11 Å². The van der Waals surface area contributed by atoms with Crippen molar-refractivity contribution in [3.8, 4) is 5.88 Å². The van der Waals surface area contributed by atoms with E-state index in [9.17, 15) is 0 Å². The average Bonchev–Trinajstić information content (AvgIpc) is 2.17. The van der Waals surface area contributed by atoms with E-state index < -0.39 is 0 Å². The highest BCUT2D eigenvalue weighted by Gasteiger charge is 2.07. The molecule has 0 aromatic carbocycles. The fourth-order valence-electron chi connectivity index (χ4n) is 0.621. The van der Waals surface area contributed by atoms with E-state index in [-0.39, 0.29) is 11.2 Å². The summed E-state index contributed by atoms with van der Waals surface area (Å²) < 4.78 is 1.37. The summed E-state index contributed by atoms with van der Waals surface area (Å²) >= 11 is 5.56. The zero-order valence-corrected chi connectivity index (χ0v) is 6.26. The fraction of sp³-hybridized carbons (Fsp3) is 0.167. The zero-order valence-electron chi connectivity index (χ0n) is 5.50. The molecule has 0 spiro atoms. The molecule has 3 nitrogen and oxygen atoms in total. The van der Waals surface area contributed by atoms with Gasteiger partial charge in [0.2, 0.25) is 11.2 Å². The fourth-order valence-corrected chi connectivity index (χ4v) is 0.792. The molecule has 0 aliphatic heterocycles. The number of nitrogens with zero attached hydrogens (tertiary/aromatic N) is 2. The van der Waals surface area contributed by atoms with Crippen molar-refractivity contribution in [3.63, 3.8) is 0 Å². The third-order valence-electron chi connectivity index (χ3n) is 1.23. The molecule has 0 fully saturated rings. The summed E-state index contributed by atoms with van der Waals surface area (Å²) in [6, 6.07) is 0. The second-order valence-corrected chi connectivity index (χ2v) is 2.19. The van der Waals surface area contributed by atoms with Crippen LogP contribution in [-0.2, 0) is 7.05 Å². The van der Waals surface area contributed by atoms with Gasteiger partial charge in [-0.15, -0.1) is 0 Å². The van der Waals surface area contributed by atoms with Gasteiger partial charge in [0.15, 0.2) is 0 Å². The highest BCUT2D eigenvalue weighted by Crippen LogP contribution is 2.20. The topological polar surface area (TPSA) is 38.0 Å². The largest absolute Gasteiger partial charge is 0.493 e. The summed E-state index contributed by atoms with van der Waals surface area (Å²) in [6.07, 6.45) is 1.45. The minimum Gasteiger partial charge on any atom is -0.493 e. The minimum absolute atomic E-state index is 0.0417. The summed E-state index contributed by atoms with van der Waals surface area (Å²) in [6.45, 7) is 3.45. The van der Waals surface area contributed by atoms with Gasteiger partial charge in [-0.05, 0) is 17.7 Å². The molecule has 1 N–H and O–H groups in total. The number of hydrogen-bond acceptors (Lipinski definition) is 2. The Labute approximate surface area is 63.6 Å². The molecule has 0 saturated heterocycles. The van der Waals surface area contributed by atoms with Crippen LogP contribution < -0.4 is 0 Å². The number of rotatable bonds is 1. The monoisotopic (exact) mass is 158 g/mol. The first-order valence-corrected chi connectivity index (χ1v) is 3.08. The molecule has 0 radical (unpaired) electrons. The summed E-state index contributed by atoms with van der Waals surface area (Å²) in [5, 5.41) is 9.42. The van der Waals surface area contributed by atoms with Crippen molar-refractivity contribution >= 4 is 17.7 Å². The summed E-state index contributed by atoms with van der Waals surface area (Å²) in [5.41, 5.74) is 0.410. The SMILES string of the molecule is C=Cc1nc(Cl)n(C)c1O. The Balaban J connectivity index is 3.30. The maximum atomic E-state index is 9.16. The Hall–Kier alpha value is -0.960. The molecule has 1 aromatic heterocycles. The second kappa shape index (κ2) is 2.34. The predicted molar refractivity (Wildman–Crippen MR) is 40.0 cm³/mol. The Morgan fingerprint density at radius 3 is 2.60 bits per heavy atom. The number of imidazole rings is 1. The van der Waals surface area contributed by atoms with Crippen LogP contribution in [-0.4, -0.2) is 14.7 Å². The maximum absolute atomic E-state index is 9.16. The van der Waals surface area contributed by atoms with Crippen molar-refractivity contribution in [2.24, 2.45) is 7.05 Å². The molecular formula is C6H7ClN2O. The van der Waals surface area contributed by atoms with Crippen LogP contribution in [0.2, 0.25) is 5.28 Å². The van der Waals surface area contributed by atoms with Gasteiger partial charge in [-0.1, -0.05) is 6.58 Å². The van der Waals surface area contributed by atoms with Crippen LogP contribution in [0.1, 0.15) is 5.69 Å². The van der Waals surface area contributed by atoms with E-state index in [1.807, 2.05) is 0 Å². The molecule has 0 unspecified atom stereocenters. The lowest BCUT2D eigenvalue weighted by molar-refractivity contribution is 0.431. The van der Waals surface area contributed by atoms with E-state index in [1.54, 1.807) is 7.05 Å². The van der Waals surface area contributed by atoms with E-state index in [1.165, 1.54) is 10.6 Å². The lowest BCUT2D eigenvalue weighted by Crippen LogP contribution is -1.84. The minimum atomic E-state index is 0.0417. The van der Waals surface area contributed by atoms with E-state index >= 15 is 0 Å². The van der Waals surface area contributed by atoms with Crippen LogP contribution >= 0.6 is 11.6 Å². The van der Waals surface area contributed by atoms with Gasteiger partial charge < -0.3 is 5.11 Å². The summed E-state index contributed by atoms with van der Waals surface area (Å²) in [5.74, 6) is 0.0417. The molecule has 0 amide bonds. The van der Waals surface area contributed by atoms with Gasteiger partial charge in [0.25, 0.3) is 0 Å². The Bertz CT molecular complexity index is 267. The van der Waals surface area contributed by atoms with Gasteiger partial charge in [0.1, 0.15) is 5.69 Å². The molecule has 0 aliphatic rings. The summed E-state index contributed by atoms with van der Waals surface area (Å²) in [7, 11) is 1.62. The number of halogens is 1. The quantitative estimate of drug-likeness (QED) is 0.672. The Morgan fingerprint density at radius 1 is 1.80 bits per heavy atom. The predicted octanol–water partition coefficient (Wildman–Crippen LogP) is 1.42. The van der Waals surface area contributed by atoms with Gasteiger partial charge in [-0.25, -0.2) is 4.98 Å². The van der Waals surface area contributed by atoms with Crippen molar-refractivity contribution in [3.05, 3.63) is 17.6 Å². The van der Waals surface area contributed by atoms with E-state index in [0.29, 0.717) is 5.69 Å². The normalized spacial score (nSPS) is 9.80. The molecule has 4 heteroatoms. The van der Waals surface area contributed by atoms with Gasteiger partial charge in [0.05, 0.1) is 0 Å². The van der Waals surface area contributed by atoms with Crippen LogP contribution in [0.5, 0.6) is 5.88 Å². The van der Waals surface area contributed by atoms with Gasteiger partial charge >= 0.3 is 0 Å². The van der Waals surface area contributed by atoms with Crippen molar-refractivity contribution in [2.45, 2.75) is 0 Å². The van der Waals surface area contributed by atoms with Crippen LogP contribution in [0.3, 0.4) is 0 Å². The smallest absolute Gasteiger partial charge is 0.219 e. The Kier molecular flexibility index (Phi) is 1.68. The highest BCUT2D eigenvalue weighted by molar-refractivity contribution is 6.28. The molecule has 1 aromatic rings. The molecular weight excluding hydrogens is 152 g/mol. The third kappa shape index (κ3) is 0.885. The third-order valence-corrected chi connectivity index (χ3v) is 1.57. The van der Waals surface area contributed by atoms with E-state index in [4.69, 9.17) is 16.7 Å². The molecule has 1 heterocycles. The molecule has 10 heavy (non-hydrogen) atoms. The van der Waals surface area contributed by atoms with E-state index in [0.717, 1.165) is 0 Å². The van der Waals surface area contributed by atoms with Gasteiger partial charge in [-0.2, -0.15) is 0 Å². The lowest BCUT2D eigenvalue weighted by atomic mass is 10.4. The number of hydrogen-bond donors (Lipinski definition) is 1. The van der Waals surface area contributed by atoms with Crippen LogP contribution in [0, 0.1) is 0 Å². The number of aromatic hydroxyl groups is 1. The molecule has 0 bridgehead atoms. The van der Waals surface area contributed by atoms with Gasteiger partial charge in [-0.3, -0.25) is 4.57 Å². The first kappa shape index (κ1) is 7.15. The first-order chi connectivity index (χ1) is 4.66. The summed E-state index contributed by atoms with van der Waals surface area (Å²) in [4.78, 5) is 3.79. The van der Waals surface area contributed by atoms with Crippen molar-refractivity contribution in [2.75, 3.05) is 0 Å². The Morgan fingerprint density at radius 2 is 2.40 bits per heavy atom. The van der Waals surface area contributed by atoms with Crippen LogP contribution in [0.4, 0.5) is 0 Å². The van der Waals surface area contributed by atoms with Crippen LogP contribution in [0.15, 0.2) is 6.58 Å². The van der Waals surface area contributed by atoms with E-state index in [2.05, 4.69) is 11.6 Å². The molecule has 0 atom stereocenters. The molecule has 0 saturated carbocycles. The number of aromatic nitrogens is 2.